The molecule has 0 aromatic heterocycles. The minimum atomic E-state index is -0.265. The third-order valence-corrected chi connectivity index (χ3v) is 5.52. The van der Waals surface area contributed by atoms with Gasteiger partial charge in [-0.15, -0.1) is 0 Å². The van der Waals surface area contributed by atoms with E-state index in [2.05, 4.69) is 53.9 Å². The van der Waals surface area contributed by atoms with E-state index in [1.54, 1.807) is 7.11 Å². The summed E-state index contributed by atoms with van der Waals surface area (Å²) in [5.41, 5.74) is 10.7. The number of nitrogens with two attached hydrogens (primary N) is 1. The molecule has 0 fully saturated rings. The van der Waals surface area contributed by atoms with E-state index in [-0.39, 0.29) is 6.04 Å². The number of hydrogen-bond acceptors (Lipinski definition) is 2. The Morgan fingerprint density at radius 2 is 1.71 bits per heavy atom. The minimum Gasteiger partial charge on any atom is -0.496 e. The van der Waals surface area contributed by atoms with Crippen molar-refractivity contribution in [2.45, 2.75) is 19.9 Å². The van der Waals surface area contributed by atoms with E-state index in [0.29, 0.717) is 0 Å². The summed E-state index contributed by atoms with van der Waals surface area (Å²) in [6.45, 7) is 4.07. The Bertz CT molecular complexity index is 686. The molecule has 2 N–H and O–H groups in total. The van der Waals surface area contributed by atoms with Gasteiger partial charge in [0.2, 0.25) is 0 Å². The zero-order valence-corrected chi connectivity index (χ0v) is 16.8. The number of halogens is 3. The van der Waals surface area contributed by atoms with Crippen molar-refractivity contribution in [1.82, 2.24) is 0 Å². The van der Waals surface area contributed by atoms with Crippen LogP contribution < -0.4 is 10.5 Å². The molecule has 2 rings (SSSR count). The van der Waals surface area contributed by atoms with E-state index in [0.717, 1.165) is 41.4 Å². The second-order valence-electron chi connectivity index (χ2n) is 4.89. The number of benzene rings is 2. The molecule has 1 unspecified atom stereocenters. The highest BCUT2D eigenvalue weighted by molar-refractivity contribution is 9.11. The molecule has 1 atom stereocenters. The SMILES string of the molecule is COc1c(C)cc(Br)c(C)c1C(N)c1ccc(Br)cc1Br. The van der Waals surface area contributed by atoms with Crippen LogP contribution >= 0.6 is 47.8 Å². The molecule has 0 aliphatic heterocycles. The Balaban J connectivity index is 2.65. The van der Waals surface area contributed by atoms with E-state index in [4.69, 9.17) is 10.5 Å². The first-order valence-electron chi connectivity index (χ1n) is 6.41. The molecule has 2 aromatic rings. The van der Waals surface area contributed by atoms with Gasteiger partial charge in [0.15, 0.2) is 0 Å². The van der Waals surface area contributed by atoms with E-state index in [1.165, 1.54) is 0 Å². The second kappa shape index (κ2) is 6.82. The average molecular weight is 478 g/mol. The van der Waals surface area contributed by atoms with Crippen molar-refractivity contribution in [2.24, 2.45) is 5.73 Å². The van der Waals surface area contributed by atoms with Crippen LogP contribution in [0, 0.1) is 13.8 Å². The fraction of sp³-hybridized carbons (Fsp3) is 0.250. The Kier molecular flexibility index (Phi) is 5.52. The van der Waals surface area contributed by atoms with Crippen LogP contribution in [0.15, 0.2) is 37.7 Å². The third-order valence-electron chi connectivity index (χ3n) is 3.52. The topological polar surface area (TPSA) is 35.2 Å². The van der Waals surface area contributed by atoms with Gasteiger partial charge in [0.1, 0.15) is 5.75 Å². The smallest absolute Gasteiger partial charge is 0.127 e. The molecule has 0 radical (unpaired) electrons. The first-order valence-corrected chi connectivity index (χ1v) is 8.78. The van der Waals surface area contributed by atoms with Gasteiger partial charge in [0, 0.05) is 19.0 Å². The summed E-state index contributed by atoms with van der Waals surface area (Å²) in [5, 5.41) is 0. The number of hydrogen-bond donors (Lipinski definition) is 1. The number of methoxy groups -OCH3 is 1. The fourth-order valence-electron chi connectivity index (χ4n) is 2.43. The molecule has 2 nitrogen and oxygen atoms in total. The number of rotatable bonds is 3. The molecule has 0 saturated heterocycles. The largest absolute Gasteiger partial charge is 0.496 e. The summed E-state index contributed by atoms with van der Waals surface area (Å²) in [6.07, 6.45) is 0. The van der Waals surface area contributed by atoms with Gasteiger partial charge < -0.3 is 10.5 Å². The normalized spacial score (nSPS) is 12.3. The van der Waals surface area contributed by atoms with Gasteiger partial charge in [-0.1, -0.05) is 53.9 Å². The highest BCUT2D eigenvalue weighted by atomic mass is 79.9. The van der Waals surface area contributed by atoms with Gasteiger partial charge in [-0.3, -0.25) is 0 Å². The van der Waals surface area contributed by atoms with Gasteiger partial charge in [-0.2, -0.15) is 0 Å². The average Bonchev–Trinajstić information content (AvgIpc) is 2.41. The summed E-state index contributed by atoms with van der Waals surface area (Å²) in [5.74, 6) is 0.845. The molecule has 5 heteroatoms. The lowest BCUT2D eigenvalue weighted by atomic mass is 9.93. The summed E-state index contributed by atoms with van der Waals surface area (Å²) < 4.78 is 8.62. The van der Waals surface area contributed by atoms with Crippen LogP contribution in [0.3, 0.4) is 0 Å². The zero-order chi connectivity index (χ0) is 15.7. The Morgan fingerprint density at radius 1 is 1.05 bits per heavy atom. The summed E-state index contributed by atoms with van der Waals surface area (Å²) in [7, 11) is 1.68. The maximum Gasteiger partial charge on any atom is 0.127 e. The molecular formula is C16H16Br3NO. The van der Waals surface area contributed by atoms with Crippen LogP contribution in [0.4, 0.5) is 0 Å². The number of ether oxygens (including phenoxy) is 1. The monoisotopic (exact) mass is 475 g/mol. The molecule has 0 aliphatic rings. The van der Waals surface area contributed by atoms with Crippen molar-refractivity contribution in [2.75, 3.05) is 7.11 Å². The van der Waals surface area contributed by atoms with Crippen LogP contribution in [-0.4, -0.2) is 7.11 Å². The molecule has 0 heterocycles. The van der Waals surface area contributed by atoms with E-state index < -0.39 is 0 Å². The zero-order valence-electron chi connectivity index (χ0n) is 12.0. The molecule has 0 bridgehead atoms. The molecule has 112 valence electrons. The van der Waals surface area contributed by atoms with Gasteiger partial charge in [0.05, 0.1) is 13.2 Å². The van der Waals surface area contributed by atoms with E-state index in [1.807, 2.05) is 32.0 Å². The van der Waals surface area contributed by atoms with Crippen molar-refractivity contribution in [3.8, 4) is 5.75 Å². The lowest BCUT2D eigenvalue weighted by Gasteiger charge is -2.22. The quantitative estimate of drug-likeness (QED) is 0.620. The highest BCUT2D eigenvalue weighted by Gasteiger charge is 2.22. The molecule has 2 aromatic carbocycles. The van der Waals surface area contributed by atoms with E-state index >= 15 is 0 Å². The van der Waals surface area contributed by atoms with Crippen LogP contribution in [0.1, 0.15) is 28.3 Å². The predicted octanol–water partition coefficient (Wildman–Crippen LogP) is 5.65. The Labute approximate surface area is 150 Å². The molecule has 0 spiro atoms. The van der Waals surface area contributed by atoms with Gasteiger partial charge in [0.25, 0.3) is 0 Å². The highest BCUT2D eigenvalue weighted by Crippen LogP contribution is 2.39. The fourth-order valence-corrected chi connectivity index (χ4v) is 4.28. The van der Waals surface area contributed by atoms with Crippen molar-refractivity contribution < 1.29 is 4.74 Å². The van der Waals surface area contributed by atoms with Crippen molar-refractivity contribution in [1.29, 1.82) is 0 Å². The number of aryl methyl sites for hydroxylation is 1. The van der Waals surface area contributed by atoms with Crippen LogP contribution in [0.5, 0.6) is 5.75 Å². The van der Waals surface area contributed by atoms with Crippen molar-refractivity contribution in [3.05, 3.63) is 59.9 Å². The predicted molar refractivity (Wildman–Crippen MR) is 98.0 cm³/mol. The molecule has 21 heavy (non-hydrogen) atoms. The third kappa shape index (κ3) is 3.36. The first-order chi connectivity index (χ1) is 9.86. The molecule has 0 saturated carbocycles. The van der Waals surface area contributed by atoms with Gasteiger partial charge >= 0.3 is 0 Å². The maximum atomic E-state index is 6.54. The van der Waals surface area contributed by atoms with Gasteiger partial charge in [-0.25, -0.2) is 0 Å². The molecule has 0 amide bonds. The summed E-state index contributed by atoms with van der Waals surface area (Å²) >= 11 is 10.7. The standard InChI is InChI=1S/C16H16Br3NO/c1-8-6-12(18)9(2)14(16(8)21-3)15(20)11-5-4-10(17)7-13(11)19/h4-7,15H,20H2,1-3H3. The van der Waals surface area contributed by atoms with E-state index in [9.17, 15) is 0 Å². The van der Waals surface area contributed by atoms with Crippen LogP contribution in [-0.2, 0) is 0 Å². The Morgan fingerprint density at radius 3 is 2.29 bits per heavy atom. The summed E-state index contributed by atoms with van der Waals surface area (Å²) in [4.78, 5) is 0. The first kappa shape index (κ1) is 17.0. The lowest BCUT2D eigenvalue weighted by molar-refractivity contribution is 0.404. The van der Waals surface area contributed by atoms with Crippen LogP contribution in [0.2, 0.25) is 0 Å². The van der Waals surface area contributed by atoms with Crippen molar-refractivity contribution >= 4 is 47.8 Å². The lowest BCUT2D eigenvalue weighted by Crippen LogP contribution is -2.16. The summed E-state index contributed by atoms with van der Waals surface area (Å²) in [6, 6.07) is 7.81. The maximum absolute atomic E-state index is 6.54. The molecule has 0 aliphatic carbocycles. The Hall–Kier alpha value is -0.360. The van der Waals surface area contributed by atoms with Crippen LogP contribution in [0.25, 0.3) is 0 Å². The van der Waals surface area contributed by atoms with Gasteiger partial charge in [-0.05, 0) is 48.7 Å². The van der Waals surface area contributed by atoms with Crippen molar-refractivity contribution in [3.63, 3.8) is 0 Å². The molecular weight excluding hydrogens is 462 g/mol. The minimum absolute atomic E-state index is 0.265. The second-order valence-corrected chi connectivity index (χ2v) is 7.52.